The van der Waals surface area contributed by atoms with Crippen molar-refractivity contribution in [3.05, 3.63) is 38.3 Å². The standard InChI is InChI=1S/C13H17BrN2O3/c1-9(13-3-2-6-19-13)15-8-10-4-5-11(14)12(7-10)16(17)18/h4-5,7,9,13,15H,2-3,6,8H2,1H3. The molecular weight excluding hydrogens is 312 g/mol. The Kier molecular flexibility index (Phi) is 4.90. The Balaban J connectivity index is 1.95. The molecule has 0 saturated carbocycles. The zero-order chi connectivity index (χ0) is 13.8. The van der Waals surface area contributed by atoms with Crippen LogP contribution >= 0.6 is 15.9 Å². The second kappa shape index (κ2) is 6.45. The molecule has 1 aliphatic rings. The van der Waals surface area contributed by atoms with Gasteiger partial charge < -0.3 is 10.1 Å². The minimum atomic E-state index is -0.378. The number of halogens is 1. The highest BCUT2D eigenvalue weighted by atomic mass is 79.9. The molecule has 2 unspecified atom stereocenters. The summed E-state index contributed by atoms with van der Waals surface area (Å²) in [6, 6.07) is 5.45. The number of rotatable bonds is 5. The Morgan fingerprint density at radius 3 is 3.05 bits per heavy atom. The minimum absolute atomic E-state index is 0.101. The minimum Gasteiger partial charge on any atom is -0.377 e. The van der Waals surface area contributed by atoms with Gasteiger partial charge in [0.1, 0.15) is 0 Å². The lowest BCUT2D eigenvalue weighted by molar-refractivity contribution is -0.385. The normalized spacial score (nSPS) is 20.4. The fourth-order valence-corrected chi connectivity index (χ4v) is 2.61. The van der Waals surface area contributed by atoms with Gasteiger partial charge in [-0.3, -0.25) is 10.1 Å². The summed E-state index contributed by atoms with van der Waals surface area (Å²) in [5.74, 6) is 0. The van der Waals surface area contributed by atoms with Crippen molar-refractivity contribution in [2.24, 2.45) is 0 Å². The maximum Gasteiger partial charge on any atom is 0.283 e. The molecule has 1 aliphatic heterocycles. The van der Waals surface area contributed by atoms with Gasteiger partial charge in [0.2, 0.25) is 0 Å². The highest BCUT2D eigenvalue weighted by molar-refractivity contribution is 9.10. The molecule has 0 amide bonds. The molecule has 0 radical (unpaired) electrons. The molecular formula is C13H17BrN2O3. The third-order valence-corrected chi connectivity index (χ3v) is 4.03. The Bertz CT molecular complexity index is 461. The van der Waals surface area contributed by atoms with Crippen LogP contribution in [0.4, 0.5) is 5.69 Å². The van der Waals surface area contributed by atoms with Crippen molar-refractivity contribution < 1.29 is 9.66 Å². The third kappa shape index (κ3) is 3.75. The van der Waals surface area contributed by atoms with Crippen LogP contribution in [0.3, 0.4) is 0 Å². The van der Waals surface area contributed by atoms with Crippen molar-refractivity contribution in [2.45, 2.75) is 38.5 Å². The van der Waals surface area contributed by atoms with Crippen molar-refractivity contribution in [3.63, 3.8) is 0 Å². The average molecular weight is 329 g/mol. The summed E-state index contributed by atoms with van der Waals surface area (Å²) >= 11 is 3.18. The smallest absolute Gasteiger partial charge is 0.283 e. The average Bonchev–Trinajstić information content (AvgIpc) is 2.91. The van der Waals surface area contributed by atoms with E-state index in [4.69, 9.17) is 4.74 Å². The maximum atomic E-state index is 10.9. The number of nitro benzene ring substituents is 1. The van der Waals surface area contributed by atoms with Gasteiger partial charge in [0.05, 0.1) is 15.5 Å². The maximum absolute atomic E-state index is 10.9. The van der Waals surface area contributed by atoms with E-state index in [2.05, 4.69) is 28.2 Å². The first-order chi connectivity index (χ1) is 9.08. The van der Waals surface area contributed by atoms with Crippen LogP contribution in [0.1, 0.15) is 25.3 Å². The molecule has 6 heteroatoms. The van der Waals surface area contributed by atoms with Crippen molar-refractivity contribution in [1.29, 1.82) is 0 Å². The molecule has 0 bridgehead atoms. The summed E-state index contributed by atoms with van der Waals surface area (Å²) in [7, 11) is 0. The third-order valence-electron chi connectivity index (χ3n) is 3.36. The van der Waals surface area contributed by atoms with Crippen LogP contribution in [-0.4, -0.2) is 23.7 Å². The van der Waals surface area contributed by atoms with E-state index >= 15 is 0 Å². The lowest BCUT2D eigenvalue weighted by Gasteiger charge is -2.20. The molecule has 19 heavy (non-hydrogen) atoms. The lowest BCUT2D eigenvalue weighted by Crippen LogP contribution is -2.36. The van der Waals surface area contributed by atoms with E-state index in [0.717, 1.165) is 25.0 Å². The van der Waals surface area contributed by atoms with Gasteiger partial charge in [0.15, 0.2) is 0 Å². The van der Waals surface area contributed by atoms with Crippen LogP contribution in [-0.2, 0) is 11.3 Å². The van der Waals surface area contributed by atoms with Crippen LogP contribution in [0, 0.1) is 10.1 Å². The fraction of sp³-hybridized carbons (Fsp3) is 0.538. The highest BCUT2D eigenvalue weighted by Gasteiger charge is 2.22. The van der Waals surface area contributed by atoms with Gasteiger partial charge in [0, 0.05) is 25.3 Å². The molecule has 2 atom stereocenters. The van der Waals surface area contributed by atoms with Gasteiger partial charge in [-0.15, -0.1) is 0 Å². The quantitative estimate of drug-likeness (QED) is 0.666. The predicted octanol–water partition coefficient (Wildman–Crippen LogP) is 3.01. The van der Waals surface area contributed by atoms with Gasteiger partial charge >= 0.3 is 0 Å². The number of nitrogens with one attached hydrogen (secondary N) is 1. The SMILES string of the molecule is CC(NCc1ccc(Br)c([N+](=O)[O-])c1)C1CCCO1. The number of benzene rings is 1. The first-order valence-corrected chi connectivity index (χ1v) is 7.15. The molecule has 1 saturated heterocycles. The van der Waals surface area contributed by atoms with Gasteiger partial charge in [-0.05, 0) is 47.3 Å². The number of hydrogen-bond donors (Lipinski definition) is 1. The summed E-state index contributed by atoms with van der Waals surface area (Å²) in [6.45, 7) is 3.53. The molecule has 1 fully saturated rings. The van der Waals surface area contributed by atoms with Crippen molar-refractivity contribution >= 4 is 21.6 Å². The summed E-state index contributed by atoms with van der Waals surface area (Å²) in [6.07, 6.45) is 2.44. The van der Waals surface area contributed by atoms with Gasteiger partial charge in [-0.2, -0.15) is 0 Å². The summed E-state index contributed by atoms with van der Waals surface area (Å²) < 4.78 is 6.11. The highest BCUT2D eigenvalue weighted by Crippen LogP contribution is 2.25. The Morgan fingerprint density at radius 1 is 1.63 bits per heavy atom. The van der Waals surface area contributed by atoms with Crippen LogP contribution < -0.4 is 5.32 Å². The topological polar surface area (TPSA) is 64.4 Å². The number of nitrogens with zero attached hydrogens (tertiary/aromatic N) is 1. The van der Waals surface area contributed by atoms with Crippen LogP contribution in [0.5, 0.6) is 0 Å². The van der Waals surface area contributed by atoms with Gasteiger partial charge in [-0.1, -0.05) is 6.07 Å². The van der Waals surface area contributed by atoms with E-state index in [1.165, 1.54) is 0 Å². The van der Waals surface area contributed by atoms with Crippen molar-refractivity contribution in [2.75, 3.05) is 6.61 Å². The lowest BCUT2D eigenvalue weighted by atomic mass is 10.1. The molecule has 1 heterocycles. The molecule has 1 aromatic rings. The molecule has 0 aromatic heterocycles. The zero-order valence-electron chi connectivity index (χ0n) is 10.8. The first kappa shape index (κ1) is 14.4. The fourth-order valence-electron chi connectivity index (χ4n) is 2.22. The second-order valence-corrected chi connectivity index (χ2v) is 5.62. The van der Waals surface area contributed by atoms with Crippen LogP contribution in [0.25, 0.3) is 0 Å². The molecule has 0 aliphatic carbocycles. The number of nitro groups is 1. The molecule has 104 valence electrons. The van der Waals surface area contributed by atoms with Crippen LogP contribution in [0.15, 0.2) is 22.7 Å². The van der Waals surface area contributed by atoms with E-state index in [9.17, 15) is 10.1 Å². The summed E-state index contributed by atoms with van der Waals surface area (Å²) in [4.78, 5) is 10.5. The largest absolute Gasteiger partial charge is 0.377 e. The first-order valence-electron chi connectivity index (χ1n) is 6.35. The second-order valence-electron chi connectivity index (χ2n) is 4.76. The zero-order valence-corrected chi connectivity index (χ0v) is 12.4. The Labute approximate surface area is 120 Å². The van der Waals surface area contributed by atoms with E-state index in [1.807, 2.05) is 6.07 Å². The van der Waals surface area contributed by atoms with E-state index in [-0.39, 0.29) is 22.8 Å². The predicted molar refractivity (Wildman–Crippen MR) is 76.1 cm³/mol. The van der Waals surface area contributed by atoms with E-state index < -0.39 is 0 Å². The summed E-state index contributed by atoms with van der Waals surface area (Å²) in [5, 5.41) is 14.2. The van der Waals surface area contributed by atoms with E-state index in [1.54, 1.807) is 12.1 Å². The molecule has 1 N–H and O–H groups in total. The van der Waals surface area contributed by atoms with Crippen LogP contribution in [0.2, 0.25) is 0 Å². The molecule has 1 aromatic carbocycles. The summed E-state index contributed by atoms with van der Waals surface area (Å²) in [5.41, 5.74) is 1.00. The monoisotopic (exact) mass is 328 g/mol. The molecule has 2 rings (SSSR count). The molecule has 5 nitrogen and oxygen atoms in total. The Hall–Kier alpha value is -0.980. The van der Waals surface area contributed by atoms with Crippen molar-refractivity contribution in [3.8, 4) is 0 Å². The molecule has 0 spiro atoms. The number of hydrogen-bond acceptors (Lipinski definition) is 4. The van der Waals surface area contributed by atoms with E-state index in [0.29, 0.717) is 11.0 Å². The van der Waals surface area contributed by atoms with Gasteiger partial charge in [0.25, 0.3) is 5.69 Å². The number of ether oxygens (including phenoxy) is 1. The van der Waals surface area contributed by atoms with Gasteiger partial charge in [-0.25, -0.2) is 0 Å². The Morgan fingerprint density at radius 2 is 2.42 bits per heavy atom. The van der Waals surface area contributed by atoms with Crippen molar-refractivity contribution in [1.82, 2.24) is 5.32 Å².